The van der Waals surface area contributed by atoms with Gasteiger partial charge in [0.25, 0.3) is 0 Å². The van der Waals surface area contributed by atoms with Gasteiger partial charge in [-0.05, 0) is 56.0 Å². The van der Waals surface area contributed by atoms with Crippen molar-refractivity contribution in [2.24, 2.45) is 0 Å². The van der Waals surface area contributed by atoms with Crippen LogP contribution in [-0.2, 0) is 5.41 Å². The number of aromatic nitrogens is 1. The molecule has 3 atom stereocenters. The number of aryl methyl sites for hydroxylation is 3. The third-order valence-corrected chi connectivity index (χ3v) is 7.24. The number of fused-ring (bicyclic) bond motifs is 1. The molecule has 1 aromatic heterocycles. The van der Waals surface area contributed by atoms with Crippen LogP contribution >= 0.6 is 0 Å². The number of benzene rings is 3. The lowest BCUT2D eigenvalue weighted by atomic mass is 9.59. The van der Waals surface area contributed by atoms with Crippen LogP contribution in [0.25, 0.3) is 10.9 Å². The van der Waals surface area contributed by atoms with Gasteiger partial charge in [0.1, 0.15) is 5.76 Å². The number of rotatable bonds is 4. The Morgan fingerprint density at radius 3 is 2.19 bits per heavy atom. The quantitative estimate of drug-likeness (QED) is 0.357. The Kier molecular flexibility index (Phi) is 4.75. The van der Waals surface area contributed by atoms with Crippen LogP contribution in [0.3, 0.4) is 0 Å². The molecule has 3 nitrogen and oxygen atoms in total. The molecule has 32 heavy (non-hydrogen) atoms. The maximum absolute atomic E-state index is 11.5. The molecule has 5 rings (SSSR count). The molecular weight excluding hydrogens is 394 g/mol. The molecule has 3 heteroatoms. The normalized spacial score (nSPS) is 21.6. The maximum atomic E-state index is 11.5. The molecule has 0 saturated heterocycles. The molecule has 162 valence electrons. The molecular formula is C29H29NO2. The summed E-state index contributed by atoms with van der Waals surface area (Å²) in [7, 11) is 0. The molecule has 0 amide bonds. The second-order valence-electron chi connectivity index (χ2n) is 9.33. The molecule has 0 spiro atoms. The highest BCUT2D eigenvalue weighted by Crippen LogP contribution is 2.54. The van der Waals surface area contributed by atoms with Crippen molar-refractivity contribution in [2.45, 2.75) is 45.1 Å². The van der Waals surface area contributed by atoms with E-state index in [2.05, 4.69) is 49.2 Å². The van der Waals surface area contributed by atoms with Gasteiger partial charge in [-0.2, -0.15) is 0 Å². The van der Waals surface area contributed by atoms with Crippen LogP contribution in [0, 0.1) is 20.8 Å². The third-order valence-electron chi connectivity index (χ3n) is 7.24. The molecule has 1 aliphatic rings. The molecule has 0 aliphatic heterocycles. The van der Waals surface area contributed by atoms with Gasteiger partial charge in [-0.25, -0.2) is 0 Å². The monoisotopic (exact) mass is 423 g/mol. The molecule has 0 saturated carbocycles. The van der Waals surface area contributed by atoms with Crippen molar-refractivity contribution in [1.29, 1.82) is 0 Å². The molecule has 0 fully saturated rings. The van der Waals surface area contributed by atoms with E-state index in [-0.39, 0.29) is 11.7 Å². The highest BCUT2D eigenvalue weighted by Gasteiger charge is 2.54. The van der Waals surface area contributed by atoms with Gasteiger partial charge in [-0.3, -0.25) is 0 Å². The fraction of sp³-hybridized carbons (Fsp3) is 0.241. The molecule has 1 aliphatic carbocycles. The smallest absolute Gasteiger partial charge is 0.108 e. The number of aliphatic hydroxyl groups excluding tert-OH is 2. The van der Waals surface area contributed by atoms with Gasteiger partial charge < -0.3 is 15.2 Å². The van der Waals surface area contributed by atoms with Gasteiger partial charge >= 0.3 is 0 Å². The van der Waals surface area contributed by atoms with Crippen molar-refractivity contribution >= 4 is 10.9 Å². The predicted molar refractivity (Wildman–Crippen MR) is 130 cm³/mol. The summed E-state index contributed by atoms with van der Waals surface area (Å²) < 4.78 is 0. The van der Waals surface area contributed by atoms with E-state index in [0.29, 0.717) is 5.57 Å². The maximum Gasteiger partial charge on any atom is 0.108 e. The van der Waals surface area contributed by atoms with Gasteiger partial charge in [0.2, 0.25) is 0 Å². The summed E-state index contributed by atoms with van der Waals surface area (Å²) in [5.41, 5.74) is 7.42. The van der Waals surface area contributed by atoms with E-state index in [9.17, 15) is 10.2 Å². The zero-order valence-electron chi connectivity index (χ0n) is 19.0. The van der Waals surface area contributed by atoms with E-state index in [1.807, 2.05) is 56.3 Å². The summed E-state index contributed by atoms with van der Waals surface area (Å²) in [5, 5.41) is 24.1. The van der Waals surface area contributed by atoms with E-state index >= 15 is 0 Å². The van der Waals surface area contributed by atoms with Crippen LogP contribution in [0.15, 0.2) is 84.1 Å². The van der Waals surface area contributed by atoms with Crippen LogP contribution in [0.5, 0.6) is 0 Å². The van der Waals surface area contributed by atoms with Crippen LogP contribution < -0.4 is 0 Å². The summed E-state index contributed by atoms with van der Waals surface area (Å²) in [5.74, 6) is 0.00868. The van der Waals surface area contributed by atoms with Gasteiger partial charge in [0.05, 0.1) is 17.4 Å². The standard InChI is InChI=1S/C29H29NO2/c1-17-10-13-21(14-11-17)29(4)27(31)25(28(29)32)24(20-8-6-5-7-9-20)26-19(3)22-15-12-18(2)16-23(22)30-26/h5-16,24,27,30-32H,1-4H3. The molecule has 0 radical (unpaired) electrons. The molecule has 4 aromatic rings. The third kappa shape index (κ3) is 2.92. The molecule has 3 unspecified atom stereocenters. The number of hydrogen-bond donors (Lipinski definition) is 3. The second kappa shape index (κ2) is 7.39. The van der Waals surface area contributed by atoms with Gasteiger partial charge in [0, 0.05) is 22.2 Å². The highest BCUT2D eigenvalue weighted by molar-refractivity contribution is 5.85. The van der Waals surface area contributed by atoms with Crippen LogP contribution in [0.2, 0.25) is 0 Å². The summed E-state index contributed by atoms with van der Waals surface area (Å²) in [6.07, 6.45) is -0.789. The first-order valence-electron chi connectivity index (χ1n) is 11.1. The molecule has 0 bridgehead atoms. The van der Waals surface area contributed by atoms with Crippen molar-refractivity contribution in [2.75, 3.05) is 0 Å². The van der Waals surface area contributed by atoms with Crippen LogP contribution in [0.4, 0.5) is 0 Å². The lowest BCUT2D eigenvalue weighted by Gasteiger charge is -2.48. The molecule has 1 heterocycles. The van der Waals surface area contributed by atoms with Crippen molar-refractivity contribution < 1.29 is 10.2 Å². The number of H-pyrrole nitrogens is 1. The van der Waals surface area contributed by atoms with E-state index in [1.165, 1.54) is 10.9 Å². The number of aliphatic hydroxyl groups is 2. The topological polar surface area (TPSA) is 56.2 Å². The predicted octanol–water partition coefficient (Wildman–Crippen LogP) is 6.37. The Morgan fingerprint density at radius 2 is 1.53 bits per heavy atom. The Bertz CT molecular complexity index is 1330. The van der Waals surface area contributed by atoms with Crippen molar-refractivity contribution in [3.8, 4) is 0 Å². The van der Waals surface area contributed by atoms with E-state index in [4.69, 9.17) is 0 Å². The summed E-state index contributed by atoms with van der Waals surface area (Å²) >= 11 is 0. The minimum atomic E-state index is -0.813. The zero-order valence-corrected chi connectivity index (χ0v) is 19.0. The van der Waals surface area contributed by atoms with E-state index in [1.54, 1.807) is 0 Å². The minimum Gasteiger partial charge on any atom is -0.511 e. The molecule has 3 aromatic carbocycles. The summed E-state index contributed by atoms with van der Waals surface area (Å²) in [4.78, 5) is 3.61. The first-order valence-corrected chi connectivity index (χ1v) is 11.1. The lowest BCUT2D eigenvalue weighted by Crippen LogP contribution is -2.51. The second-order valence-corrected chi connectivity index (χ2v) is 9.33. The molecule has 3 N–H and O–H groups in total. The SMILES string of the molecule is Cc1ccc(C2(C)C(O)=C(C(c3ccccc3)c3[nH]c4cc(C)ccc4c3C)C2O)cc1. The first-order chi connectivity index (χ1) is 15.3. The van der Waals surface area contributed by atoms with Gasteiger partial charge in [-0.1, -0.05) is 72.3 Å². The van der Waals surface area contributed by atoms with Crippen molar-refractivity contribution in [1.82, 2.24) is 4.98 Å². The van der Waals surface area contributed by atoms with Crippen LogP contribution in [-0.4, -0.2) is 21.3 Å². The average molecular weight is 424 g/mol. The number of hydrogen-bond acceptors (Lipinski definition) is 2. The Labute approximate surface area is 189 Å². The first kappa shape index (κ1) is 20.6. The van der Waals surface area contributed by atoms with Crippen LogP contribution in [0.1, 0.15) is 46.4 Å². The largest absolute Gasteiger partial charge is 0.511 e. The Hall–Kier alpha value is -3.30. The summed E-state index contributed by atoms with van der Waals surface area (Å²) in [6.45, 7) is 8.16. The van der Waals surface area contributed by atoms with Crippen molar-refractivity contribution in [3.05, 3.63) is 118 Å². The number of nitrogens with one attached hydrogen (secondary N) is 1. The van der Waals surface area contributed by atoms with Crippen molar-refractivity contribution in [3.63, 3.8) is 0 Å². The fourth-order valence-electron chi connectivity index (χ4n) is 5.19. The lowest BCUT2D eigenvalue weighted by molar-refractivity contribution is 0.0598. The summed E-state index contributed by atoms with van der Waals surface area (Å²) in [6, 6.07) is 24.6. The van der Waals surface area contributed by atoms with E-state index in [0.717, 1.165) is 33.5 Å². The van der Waals surface area contributed by atoms with E-state index < -0.39 is 11.5 Å². The van der Waals surface area contributed by atoms with Gasteiger partial charge in [0.15, 0.2) is 0 Å². The Balaban J connectivity index is 1.70. The Morgan fingerprint density at radius 1 is 0.875 bits per heavy atom. The average Bonchev–Trinajstić information content (AvgIpc) is 3.12. The zero-order chi connectivity index (χ0) is 22.6. The highest BCUT2D eigenvalue weighted by atomic mass is 16.3. The fourth-order valence-corrected chi connectivity index (χ4v) is 5.19. The van der Waals surface area contributed by atoms with Gasteiger partial charge in [-0.15, -0.1) is 0 Å². The minimum absolute atomic E-state index is 0.252. The number of aromatic amines is 1.